The summed E-state index contributed by atoms with van der Waals surface area (Å²) in [5.41, 5.74) is 5.56. The van der Waals surface area contributed by atoms with Crippen molar-refractivity contribution in [1.29, 1.82) is 0 Å². The first-order chi connectivity index (χ1) is 14.3. The van der Waals surface area contributed by atoms with E-state index in [2.05, 4.69) is 15.7 Å². The molecule has 1 aromatic heterocycles. The van der Waals surface area contributed by atoms with Crippen molar-refractivity contribution in [3.63, 3.8) is 0 Å². The first-order valence-electron chi connectivity index (χ1n) is 9.78. The first-order valence-corrected chi connectivity index (χ1v) is 9.78. The molecule has 3 rings (SSSR count). The van der Waals surface area contributed by atoms with E-state index < -0.39 is 0 Å². The van der Waals surface area contributed by atoms with Gasteiger partial charge in [-0.3, -0.25) is 9.48 Å². The molecule has 30 heavy (non-hydrogen) atoms. The number of carbonyl (C=O) groups is 2. The molecule has 3 amide bonds. The third-order valence-corrected chi connectivity index (χ3v) is 4.82. The molecule has 7 heteroatoms. The van der Waals surface area contributed by atoms with Crippen LogP contribution in [0.4, 0.5) is 16.2 Å². The summed E-state index contributed by atoms with van der Waals surface area (Å²) in [6.45, 7) is 6.43. The van der Waals surface area contributed by atoms with E-state index in [-0.39, 0.29) is 18.5 Å². The number of rotatable bonds is 6. The van der Waals surface area contributed by atoms with Crippen molar-refractivity contribution in [1.82, 2.24) is 14.7 Å². The lowest BCUT2D eigenvalue weighted by Crippen LogP contribution is -2.38. The Hall–Kier alpha value is -3.61. The zero-order valence-corrected chi connectivity index (χ0v) is 17.8. The van der Waals surface area contributed by atoms with Crippen molar-refractivity contribution in [2.45, 2.75) is 27.3 Å². The number of amides is 3. The van der Waals surface area contributed by atoms with Crippen molar-refractivity contribution < 1.29 is 9.59 Å². The van der Waals surface area contributed by atoms with Crippen LogP contribution in [0.25, 0.3) is 0 Å². The lowest BCUT2D eigenvalue weighted by Gasteiger charge is -2.20. The molecular weight excluding hydrogens is 378 g/mol. The predicted octanol–water partition coefficient (Wildman–Crippen LogP) is 3.96. The van der Waals surface area contributed by atoms with Crippen LogP contribution in [0.5, 0.6) is 0 Å². The maximum absolute atomic E-state index is 12.6. The standard InChI is InChI=1S/C23H27N5O2/c1-16-12-17(2)22(18(3)13-16)26-21(29)15-27(4)23(30)25-20-9-6-5-8-19(20)14-28-11-7-10-24-28/h5-13H,14-15H2,1-4H3,(H,25,30)(H,26,29). The first kappa shape index (κ1) is 21.1. The zero-order valence-electron chi connectivity index (χ0n) is 17.8. The second-order valence-electron chi connectivity index (χ2n) is 7.47. The van der Waals surface area contributed by atoms with Gasteiger partial charge in [0.2, 0.25) is 5.91 Å². The number of hydrogen-bond donors (Lipinski definition) is 2. The van der Waals surface area contributed by atoms with Gasteiger partial charge in [-0.2, -0.15) is 5.10 Å². The van der Waals surface area contributed by atoms with Crippen LogP contribution in [-0.2, 0) is 11.3 Å². The van der Waals surface area contributed by atoms with Gasteiger partial charge in [-0.1, -0.05) is 35.9 Å². The zero-order chi connectivity index (χ0) is 21.7. The lowest BCUT2D eigenvalue weighted by atomic mass is 10.1. The summed E-state index contributed by atoms with van der Waals surface area (Å²) >= 11 is 0. The van der Waals surface area contributed by atoms with E-state index in [1.807, 2.05) is 69.4 Å². The van der Waals surface area contributed by atoms with E-state index in [4.69, 9.17) is 0 Å². The number of benzene rings is 2. The van der Waals surface area contributed by atoms with Crippen LogP contribution >= 0.6 is 0 Å². The minimum absolute atomic E-state index is 0.0556. The van der Waals surface area contributed by atoms with Crippen LogP contribution in [-0.4, -0.2) is 40.2 Å². The fourth-order valence-corrected chi connectivity index (χ4v) is 3.40. The quantitative estimate of drug-likeness (QED) is 0.651. The molecule has 0 spiro atoms. The average molecular weight is 406 g/mol. The number of anilines is 2. The number of aromatic nitrogens is 2. The Morgan fingerprint density at radius 3 is 2.40 bits per heavy atom. The summed E-state index contributed by atoms with van der Waals surface area (Å²) in [5, 5.41) is 10.0. The fourth-order valence-electron chi connectivity index (χ4n) is 3.40. The summed E-state index contributed by atoms with van der Waals surface area (Å²) in [5.74, 6) is -0.243. The van der Waals surface area contributed by atoms with Crippen LogP contribution in [0.1, 0.15) is 22.3 Å². The second-order valence-corrected chi connectivity index (χ2v) is 7.47. The Kier molecular flexibility index (Phi) is 6.51. The molecule has 0 fully saturated rings. The molecular formula is C23H27N5O2. The fraction of sp³-hybridized carbons (Fsp3) is 0.261. The molecule has 0 saturated heterocycles. The molecule has 0 unspecified atom stereocenters. The van der Waals surface area contributed by atoms with Crippen LogP contribution in [0.2, 0.25) is 0 Å². The minimum atomic E-state index is -0.351. The average Bonchev–Trinajstić information content (AvgIpc) is 3.19. The molecule has 0 bridgehead atoms. The number of aryl methyl sites for hydroxylation is 3. The Bertz CT molecular complexity index is 1020. The highest BCUT2D eigenvalue weighted by Crippen LogP contribution is 2.22. The van der Waals surface area contributed by atoms with E-state index in [0.717, 1.165) is 27.9 Å². The molecule has 0 aliphatic carbocycles. The monoisotopic (exact) mass is 405 g/mol. The van der Waals surface area contributed by atoms with Crippen molar-refractivity contribution >= 4 is 23.3 Å². The van der Waals surface area contributed by atoms with Crippen LogP contribution < -0.4 is 10.6 Å². The highest BCUT2D eigenvalue weighted by Gasteiger charge is 2.16. The Balaban J connectivity index is 1.62. The number of hydrogen-bond acceptors (Lipinski definition) is 3. The summed E-state index contributed by atoms with van der Waals surface area (Å²) in [6, 6.07) is 13.1. The van der Waals surface area contributed by atoms with E-state index in [0.29, 0.717) is 12.2 Å². The third kappa shape index (κ3) is 5.26. The third-order valence-electron chi connectivity index (χ3n) is 4.82. The maximum Gasteiger partial charge on any atom is 0.322 e. The van der Waals surface area contributed by atoms with E-state index in [1.165, 1.54) is 4.90 Å². The van der Waals surface area contributed by atoms with Gasteiger partial charge in [0.15, 0.2) is 0 Å². The SMILES string of the molecule is Cc1cc(C)c(NC(=O)CN(C)C(=O)Nc2ccccc2Cn2cccn2)c(C)c1. The maximum atomic E-state index is 12.6. The number of nitrogens with zero attached hydrogens (tertiary/aromatic N) is 3. The van der Waals surface area contributed by atoms with Gasteiger partial charge in [-0.15, -0.1) is 0 Å². The van der Waals surface area contributed by atoms with Gasteiger partial charge in [0.25, 0.3) is 0 Å². The molecule has 0 aliphatic heterocycles. The van der Waals surface area contributed by atoms with E-state index in [1.54, 1.807) is 17.9 Å². The molecule has 0 saturated carbocycles. The number of likely N-dealkylation sites (N-methyl/N-ethyl adjacent to an activating group) is 1. The molecule has 7 nitrogen and oxygen atoms in total. The Morgan fingerprint density at radius 2 is 1.73 bits per heavy atom. The van der Waals surface area contributed by atoms with Gasteiger partial charge in [-0.05, 0) is 49.6 Å². The minimum Gasteiger partial charge on any atom is -0.324 e. The Labute approximate surface area is 176 Å². The van der Waals surface area contributed by atoms with Gasteiger partial charge < -0.3 is 15.5 Å². The topological polar surface area (TPSA) is 79.3 Å². The number of nitrogens with one attached hydrogen (secondary N) is 2. The number of urea groups is 1. The Morgan fingerprint density at radius 1 is 1.03 bits per heavy atom. The smallest absolute Gasteiger partial charge is 0.322 e. The molecule has 3 aromatic rings. The highest BCUT2D eigenvalue weighted by atomic mass is 16.2. The van der Waals surface area contributed by atoms with Crippen LogP contribution in [0.15, 0.2) is 54.9 Å². The van der Waals surface area contributed by atoms with Gasteiger partial charge in [0.05, 0.1) is 6.54 Å². The highest BCUT2D eigenvalue weighted by molar-refractivity contribution is 5.98. The van der Waals surface area contributed by atoms with E-state index >= 15 is 0 Å². The molecule has 2 N–H and O–H groups in total. The van der Waals surface area contributed by atoms with Gasteiger partial charge in [0, 0.05) is 30.8 Å². The molecule has 0 radical (unpaired) electrons. The number of carbonyl (C=O) groups excluding carboxylic acids is 2. The summed E-state index contributed by atoms with van der Waals surface area (Å²) in [6.07, 6.45) is 3.58. The molecule has 0 atom stereocenters. The molecule has 1 heterocycles. The summed E-state index contributed by atoms with van der Waals surface area (Å²) in [7, 11) is 1.60. The number of para-hydroxylation sites is 1. The second kappa shape index (κ2) is 9.26. The summed E-state index contributed by atoms with van der Waals surface area (Å²) in [4.78, 5) is 26.5. The molecule has 0 aliphatic rings. The van der Waals surface area contributed by atoms with Crippen LogP contribution in [0, 0.1) is 20.8 Å². The molecule has 156 valence electrons. The van der Waals surface area contributed by atoms with Crippen molar-refractivity contribution in [3.05, 3.63) is 77.1 Å². The van der Waals surface area contributed by atoms with Gasteiger partial charge in [0.1, 0.15) is 6.54 Å². The molecule has 2 aromatic carbocycles. The summed E-state index contributed by atoms with van der Waals surface area (Å²) < 4.78 is 1.79. The lowest BCUT2D eigenvalue weighted by molar-refractivity contribution is -0.116. The van der Waals surface area contributed by atoms with E-state index in [9.17, 15) is 9.59 Å². The van der Waals surface area contributed by atoms with Gasteiger partial charge in [-0.25, -0.2) is 4.79 Å². The normalized spacial score (nSPS) is 10.5. The van der Waals surface area contributed by atoms with Crippen molar-refractivity contribution in [2.75, 3.05) is 24.2 Å². The van der Waals surface area contributed by atoms with Crippen molar-refractivity contribution in [2.24, 2.45) is 0 Å². The predicted molar refractivity (Wildman–Crippen MR) is 119 cm³/mol. The van der Waals surface area contributed by atoms with Crippen molar-refractivity contribution in [3.8, 4) is 0 Å². The largest absolute Gasteiger partial charge is 0.324 e. The van der Waals surface area contributed by atoms with Gasteiger partial charge >= 0.3 is 6.03 Å². The van der Waals surface area contributed by atoms with Crippen LogP contribution in [0.3, 0.4) is 0 Å².